The van der Waals surface area contributed by atoms with Gasteiger partial charge < -0.3 is 14.3 Å². The highest BCUT2D eigenvalue weighted by Crippen LogP contribution is 2.18. The lowest BCUT2D eigenvalue weighted by molar-refractivity contribution is 0.0697. The van der Waals surface area contributed by atoms with Gasteiger partial charge in [0.1, 0.15) is 6.61 Å². The molecule has 0 atom stereocenters. The molecule has 3 aromatic rings. The van der Waals surface area contributed by atoms with Gasteiger partial charge in [-0.2, -0.15) is 0 Å². The molecule has 6 heteroatoms. The number of carbonyl (C=O) groups is 1. The first kappa shape index (κ1) is 16.9. The zero-order chi connectivity index (χ0) is 17.5. The fraction of sp³-hybridized carbons (Fsp3) is 0.211. The SMILES string of the molecule is O=C(O)c1ccc(-c2nnc(COCCCc3ccccc3)o2)cc1. The molecule has 1 heterocycles. The Kier molecular flexibility index (Phi) is 5.53. The topological polar surface area (TPSA) is 85.5 Å². The second kappa shape index (κ2) is 8.21. The van der Waals surface area contributed by atoms with Crippen LogP contribution >= 0.6 is 0 Å². The molecule has 2 aromatic carbocycles. The van der Waals surface area contributed by atoms with Crippen molar-refractivity contribution in [2.45, 2.75) is 19.4 Å². The number of rotatable bonds is 8. The van der Waals surface area contributed by atoms with Crippen LogP contribution in [0.5, 0.6) is 0 Å². The lowest BCUT2D eigenvalue weighted by Gasteiger charge is -2.02. The molecule has 0 aliphatic rings. The second-order valence-electron chi connectivity index (χ2n) is 5.53. The molecule has 0 saturated carbocycles. The van der Waals surface area contributed by atoms with Gasteiger partial charge in [0.15, 0.2) is 0 Å². The highest BCUT2D eigenvalue weighted by molar-refractivity contribution is 5.88. The number of hydrogen-bond donors (Lipinski definition) is 1. The standard InChI is InChI=1S/C19H18N2O4/c22-19(23)16-10-8-15(9-11-16)18-21-20-17(25-18)13-24-12-4-7-14-5-2-1-3-6-14/h1-3,5-6,8-11H,4,7,12-13H2,(H,22,23). The third kappa shape index (κ3) is 4.74. The lowest BCUT2D eigenvalue weighted by Crippen LogP contribution is -1.97. The first-order chi connectivity index (χ1) is 12.2. The van der Waals surface area contributed by atoms with Crippen molar-refractivity contribution in [1.29, 1.82) is 0 Å². The van der Waals surface area contributed by atoms with Crippen molar-refractivity contribution in [3.05, 3.63) is 71.6 Å². The van der Waals surface area contributed by atoms with E-state index >= 15 is 0 Å². The predicted molar refractivity (Wildman–Crippen MR) is 91.1 cm³/mol. The molecule has 6 nitrogen and oxygen atoms in total. The highest BCUT2D eigenvalue weighted by Gasteiger charge is 2.10. The molecule has 0 amide bonds. The number of aromatic carboxylic acids is 1. The van der Waals surface area contributed by atoms with Crippen molar-refractivity contribution in [3.8, 4) is 11.5 Å². The molecule has 0 aliphatic carbocycles. The molecule has 128 valence electrons. The van der Waals surface area contributed by atoms with Crippen molar-refractivity contribution in [1.82, 2.24) is 10.2 Å². The number of nitrogens with zero attached hydrogens (tertiary/aromatic N) is 2. The lowest BCUT2D eigenvalue weighted by atomic mass is 10.1. The van der Waals surface area contributed by atoms with Crippen LogP contribution in [0.15, 0.2) is 59.0 Å². The van der Waals surface area contributed by atoms with Crippen LogP contribution < -0.4 is 0 Å². The number of carboxylic acid groups (broad SMARTS) is 1. The molecule has 0 bridgehead atoms. The minimum atomic E-state index is -0.971. The summed E-state index contributed by atoms with van der Waals surface area (Å²) in [5.74, 6) is -0.224. The van der Waals surface area contributed by atoms with Gasteiger partial charge >= 0.3 is 5.97 Å². The Hall–Kier alpha value is -2.99. The van der Waals surface area contributed by atoms with Gasteiger partial charge in [0.2, 0.25) is 11.8 Å². The molecule has 25 heavy (non-hydrogen) atoms. The minimum absolute atomic E-state index is 0.213. The van der Waals surface area contributed by atoms with E-state index in [0.29, 0.717) is 24.0 Å². The van der Waals surface area contributed by atoms with Gasteiger partial charge in [-0.1, -0.05) is 30.3 Å². The molecule has 3 rings (SSSR count). The van der Waals surface area contributed by atoms with Crippen molar-refractivity contribution >= 4 is 5.97 Å². The maximum atomic E-state index is 10.8. The number of aromatic nitrogens is 2. The second-order valence-corrected chi connectivity index (χ2v) is 5.53. The zero-order valence-corrected chi connectivity index (χ0v) is 13.6. The Labute approximate surface area is 145 Å². The number of hydrogen-bond acceptors (Lipinski definition) is 5. The van der Waals surface area contributed by atoms with Gasteiger partial charge in [0.25, 0.3) is 0 Å². The molecule has 0 radical (unpaired) electrons. The summed E-state index contributed by atoms with van der Waals surface area (Å²) in [6.45, 7) is 0.870. The van der Waals surface area contributed by atoms with Crippen molar-refractivity contribution in [3.63, 3.8) is 0 Å². The van der Waals surface area contributed by atoms with E-state index in [2.05, 4.69) is 22.3 Å². The molecule has 0 unspecified atom stereocenters. The molecule has 0 spiro atoms. The van der Waals surface area contributed by atoms with Crippen LogP contribution in [0.2, 0.25) is 0 Å². The fourth-order valence-electron chi connectivity index (χ4n) is 2.37. The molecule has 0 fully saturated rings. The van der Waals surface area contributed by atoms with E-state index in [-0.39, 0.29) is 12.2 Å². The van der Waals surface area contributed by atoms with E-state index in [4.69, 9.17) is 14.3 Å². The Balaban J connectivity index is 1.46. The first-order valence-electron chi connectivity index (χ1n) is 8.00. The van der Waals surface area contributed by atoms with Crippen LogP contribution in [0, 0.1) is 0 Å². The average molecular weight is 338 g/mol. The number of carboxylic acids is 1. The van der Waals surface area contributed by atoms with E-state index in [1.165, 1.54) is 17.7 Å². The smallest absolute Gasteiger partial charge is 0.335 e. The fourth-order valence-corrected chi connectivity index (χ4v) is 2.37. The molecular formula is C19H18N2O4. The normalized spacial score (nSPS) is 10.7. The Bertz CT molecular complexity index is 813. The molecular weight excluding hydrogens is 320 g/mol. The van der Waals surface area contributed by atoms with Crippen LogP contribution in [-0.4, -0.2) is 27.9 Å². The average Bonchev–Trinajstić information content (AvgIpc) is 3.11. The minimum Gasteiger partial charge on any atom is -0.478 e. The number of ether oxygens (including phenoxy) is 1. The summed E-state index contributed by atoms with van der Waals surface area (Å²) in [5, 5.41) is 16.8. The van der Waals surface area contributed by atoms with Crippen LogP contribution in [0.4, 0.5) is 0 Å². The Morgan fingerprint density at radius 3 is 2.52 bits per heavy atom. The van der Waals surface area contributed by atoms with Gasteiger partial charge in [0.05, 0.1) is 5.56 Å². The Morgan fingerprint density at radius 1 is 1.04 bits per heavy atom. The summed E-state index contributed by atoms with van der Waals surface area (Å²) >= 11 is 0. The molecule has 0 saturated heterocycles. The van der Waals surface area contributed by atoms with Crippen molar-refractivity contribution < 1.29 is 19.1 Å². The summed E-state index contributed by atoms with van der Waals surface area (Å²) in [5.41, 5.74) is 2.18. The van der Waals surface area contributed by atoms with Crippen LogP contribution in [-0.2, 0) is 17.8 Å². The number of aryl methyl sites for hydroxylation is 1. The summed E-state index contributed by atoms with van der Waals surface area (Å²) in [4.78, 5) is 10.8. The van der Waals surface area contributed by atoms with Crippen LogP contribution in [0.25, 0.3) is 11.5 Å². The van der Waals surface area contributed by atoms with E-state index < -0.39 is 5.97 Å². The van der Waals surface area contributed by atoms with E-state index in [9.17, 15) is 4.79 Å². The summed E-state index contributed by atoms with van der Waals surface area (Å²) in [6, 6.07) is 16.5. The summed E-state index contributed by atoms with van der Waals surface area (Å²) in [7, 11) is 0. The van der Waals surface area contributed by atoms with Gasteiger partial charge in [0, 0.05) is 12.2 Å². The molecule has 0 aliphatic heterocycles. The van der Waals surface area contributed by atoms with Gasteiger partial charge in [-0.3, -0.25) is 0 Å². The van der Waals surface area contributed by atoms with Crippen molar-refractivity contribution in [2.75, 3.05) is 6.61 Å². The summed E-state index contributed by atoms with van der Waals surface area (Å²) in [6.07, 6.45) is 1.88. The maximum Gasteiger partial charge on any atom is 0.335 e. The van der Waals surface area contributed by atoms with Gasteiger partial charge in [-0.15, -0.1) is 10.2 Å². The third-order valence-electron chi connectivity index (χ3n) is 3.67. The van der Waals surface area contributed by atoms with Gasteiger partial charge in [-0.05, 0) is 42.7 Å². The zero-order valence-electron chi connectivity index (χ0n) is 13.6. The monoisotopic (exact) mass is 338 g/mol. The van der Waals surface area contributed by atoms with E-state index in [1.54, 1.807) is 12.1 Å². The van der Waals surface area contributed by atoms with Crippen LogP contribution in [0.3, 0.4) is 0 Å². The Morgan fingerprint density at radius 2 is 1.80 bits per heavy atom. The van der Waals surface area contributed by atoms with E-state index in [1.807, 2.05) is 18.2 Å². The summed E-state index contributed by atoms with van der Waals surface area (Å²) < 4.78 is 11.1. The van der Waals surface area contributed by atoms with Crippen molar-refractivity contribution in [2.24, 2.45) is 0 Å². The van der Waals surface area contributed by atoms with Gasteiger partial charge in [-0.25, -0.2) is 4.79 Å². The number of benzene rings is 2. The quantitative estimate of drug-likeness (QED) is 0.632. The third-order valence-corrected chi connectivity index (χ3v) is 3.67. The maximum absolute atomic E-state index is 10.8. The predicted octanol–water partition coefficient (Wildman–Crippen LogP) is 3.58. The highest BCUT2D eigenvalue weighted by atomic mass is 16.5. The largest absolute Gasteiger partial charge is 0.478 e. The molecule has 1 aromatic heterocycles. The van der Waals surface area contributed by atoms with E-state index in [0.717, 1.165) is 12.8 Å². The first-order valence-corrected chi connectivity index (χ1v) is 8.00. The molecule has 1 N–H and O–H groups in total. The van der Waals surface area contributed by atoms with Crippen LogP contribution in [0.1, 0.15) is 28.2 Å².